The number of aliphatic imine (C=N–C) groups is 1. The number of rotatable bonds is 6. The lowest BCUT2D eigenvalue weighted by molar-refractivity contribution is -0.265. The average molecular weight is 544 g/mol. The highest BCUT2D eigenvalue weighted by atomic mass is 35.5. The van der Waals surface area contributed by atoms with Crippen LogP contribution in [0, 0.1) is 0 Å². The van der Waals surface area contributed by atoms with Gasteiger partial charge in [0.05, 0.1) is 10.6 Å². The number of hydrogen-bond donors (Lipinski definition) is 3. The zero-order chi connectivity index (χ0) is 27.5. The molecule has 2 amide bonds. The lowest BCUT2D eigenvalue weighted by Crippen LogP contribution is -2.45. The summed E-state index contributed by atoms with van der Waals surface area (Å²) in [6.45, 7) is 0. The van der Waals surface area contributed by atoms with E-state index in [1.165, 1.54) is 12.3 Å². The van der Waals surface area contributed by atoms with Gasteiger partial charge in [-0.2, -0.15) is 35.1 Å². The SMILES string of the molecule is CN=C(C(=O)Nc1ccc(Cl)c(C(=O)Nc2ccccn2)c1)C(=C(N)C(F)(F)C(F)(F)F)C(F)(F)F. The summed E-state index contributed by atoms with van der Waals surface area (Å²) in [6.07, 6.45) is -11.1. The third kappa shape index (κ3) is 6.27. The molecule has 1 heterocycles. The molecule has 0 bridgehead atoms. The van der Waals surface area contributed by atoms with E-state index < -0.39 is 47.1 Å². The van der Waals surface area contributed by atoms with Gasteiger partial charge in [0.1, 0.15) is 22.8 Å². The summed E-state index contributed by atoms with van der Waals surface area (Å²) in [7, 11) is 0.549. The van der Waals surface area contributed by atoms with Crippen molar-refractivity contribution in [2.24, 2.45) is 10.7 Å². The number of carbonyl (C=O) groups is 2. The summed E-state index contributed by atoms with van der Waals surface area (Å²) in [5, 5.41) is 4.04. The van der Waals surface area contributed by atoms with Gasteiger partial charge >= 0.3 is 18.3 Å². The standard InChI is InChI=1S/C20H14ClF8N5O2/c1-31-14(13(19(24,25)26)15(30)18(22,23)20(27,28)29)17(36)33-9-5-6-11(21)10(8-9)16(35)34-12-4-2-3-7-32-12/h2-8H,30H2,1H3,(H,33,36)(H,32,34,35). The second-order valence-electron chi connectivity index (χ2n) is 6.75. The van der Waals surface area contributed by atoms with Gasteiger partial charge in [0.15, 0.2) is 0 Å². The molecule has 0 radical (unpaired) electrons. The molecule has 2 rings (SSSR count). The van der Waals surface area contributed by atoms with E-state index in [1.54, 1.807) is 12.1 Å². The molecular weight excluding hydrogens is 530 g/mol. The molecule has 0 unspecified atom stereocenters. The third-order valence-corrected chi connectivity index (χ3v) is 4.63. The van der Waals surface area contributed by atoms with E-state index in [4.69, 9.17) is 11.6 Å². The van der Waals surface area contributed by atoms with E-state index in [1.807, 2.05) is 5.32 Å². The molecule has 0 spiro atoms. The van der Waals surface area contributed by atoms with Crippen LogP contribution >= 0.6 is 11.6 Å². The number of benzene rings is 1. The summed E-state index contributed by atoms with van der Waals surface area (Å²) in [5.74, 6) is -8.71. The van der Waals surface area contributed by atoms with Gasteiger partial charge in [-0.25, -0.2) is 4.98 Å². The first-order valence-corrected chi connectivity index (χ1v) is 9.71. The number of alkyl halides is 8. The van der Waals surface area contributed by atoms with E-state index in [9.17, 15) is 44.7 Å². The number of nitrogens with two attached hydrogens (primary N) is 1. The molecule has 4 N–H and O–H groups in total. The summed E-state index contributed by atoms with van der Waals surface area (Å²) in [4.78, 5) is 31.7. The molecule has 2 aromatic rings. The first-order valence-electron chi connectivity index (χ1n) is 9.33. The number of halogens is 9. The van der Waals surface area contributed by atoms with Crippen LogP contribution in [0.25, 0.3) is 0 Å². The van der Waals surface area contributed by atoms with Gasteiger partial charge in [0.2, 0.25) is 0 Å². The minimum absolute atomic E-state index is 0.106. The van der Waals surface area contributed by atoms with Crippen LogP contribution in [-0.2, 0) is 4.79 Å². The summed E-state index contributed by atoms with van der Waals surface area (Å²) < 4.78 is 106. The highest BCUT2D eigenvalue weighted by molar-refractivity contribution is 6.49. The second kappa shape index (κ2) is 10.5. The van der Waals surface area contributed by atoms with Crippen LogP contribution in [-0.4, -0.2) is 47.8 Å². The lowest BCUT2D eigenvalue weighted by Gasteiger charge is -2.24. The van der Waals surface area contributed by atoms with E-state index in [0.717, 1.165) is 18.2 Å². The van der Waals surface area contributed by atoms with Crippen LogP contribution in [0.1, 0.15) is 10.4 Å². The minimum Gasteiger partial charge on any atom is -0.396 e. The number of aromatic nitrogens is 1. The first-order chi connectivity index (χ1) is 16.5. The van der Waals surface area contributed by atoms with Gasteiger partial charge in [-0.15, -0.1) is 0 Å². The second-order valence-corrected chi connectivity index (χ2v) is 7.16. The molecule has 16 heteroatoms. The fourth-order valence-corrected chi connectivity index (χ4v) is 2.84. The van der Waals surface area contributed by atoms with Crippen LogP contribution in [0.2, 0.25) is 5.02 Å². The maximum Gasteiger partial charge on any atom is 0.459 e. The van der Waals surface area contributed by atoms with Gasteiger partial charge in [0, 0.05) is 18.9 Å². The molecule has 194 valence electrons. The van der Waals surface area contributed by atoms with Gasteiger partial charge < -0.3 is 16.4 Å². The number of pyridine rings is 1. The molecule has 0 aliphatic carbocycles. The Labute approximate surface area is 202 Å². The summed E-state index contributed by atoms with van der Waals surface area (Å²) in [6, 6.07) is 7.54. The van der Waals surface area contributed by atoms with Crippen LogP contribution in [0.3, 0.4) is 0 Å². The topological polar surface area (TPSA) is 109 Å². The molecule has 0 aliphatic heterocycles. The van der Waals surface area contributed by atoms with Gasteiger partial charge in [-0.1, -0.05) is 17.7 Å². The molecule has 0 aliphatic rings. The van der Waals surface area contributed by atoms with Crippen LogP contribution in [0.15, 0.2) is 58.9 Å². The Morgan fingerprint density at radius 2 is 1.64 bits per heavy atom. The van der Waals surface area contributed by atoms with Gasteiger partial charge in [-0.05, 0) is 30.3 Å². The first kappa shape index (κ1) is 28.5. The van der Waals surface area contributed by atoms with E-state index >= 15 is 0 Å². The monoisotopic (exact) mass is 543 g/mol. The summed E-state index contributed by atoms with van der Waals surface area (Å²) >= 11 is 5.95. The predicted molar refractivity (Wildman–Crippen MR) is 114 cm³/mol. The molecule has 0 saturated carbocycles. The molecule has 1 aromatic carbocycles. The molecule has 0 atom stereocenters. The largest absolute Gasteiger partial charge is 0.459 e. The minimum atomic E-state index is -6.49. The Morgan fingerprint density at radius 1 is 1.00 bits per heavy atom. The van der Waals surface area contributed by atoms with E-state index in [2.05, 4.69) is 21.0 Å². The fourth-order valence-electron chi connectivity index (χ4n) is 2.64. The van der Waals surface area contributed by atoms with Crippen molar-refractivity contribution in [2.75, 3.05) is 17.7 Å². The van der Waals surface area contributed by atoms with Crippen molar-refractivity contribution in [3.05, 3.63) is 64.5 Å². The third-order valence-electron chi connectivity index (χ3n) is 4.30. The molecule has 0 fully saturated rings. The van der Waals surface area contributed by atoms with Crippen molar-refractivity contribution in [3.8, 4) is 0 Å². The number of nitrogens with zero attached hydrogens (tertiary/aromatic N) is 2. The number of hydrogen-bond acceptors (Lipinski definition) is 5. The Bertz CT molecular complexity index is 1210. The fraction of sp³-hybridized carbons (Fsp3) is 0.200. The van der Waals surface area contributed by atoms with Crippen molar-refractivity contribution >= 4 is 40.6 Å². The predicted octanol–water partition coefficient (Wildman–Crippen LogP) is 4.97. The number of carbonyl (C=O) groups excluding carboxylic acids is 2. The van der Waals surface area contributed by atoms with E-state index in [-0.39, 0.29) is 22.1 Å². The maximum atomic E-state index is 13.6. The van der Waals surface area contributed by atoms with Gasteiger partial charge in [-0.3, -0.25) is 14.6 Å². The van der Waals surface area contributed by atoms with Crippen molar-refractivity contribution in [1.29, 1.82) is 0 Å². The van der Waals surface area contributed by atoms with Crippen molar-refractivity contribution in [2.45, 2.75) is 18.3 Å². The van der Waals surface area contributed by atoms with Crippen molar-refractivity contribution < 1.29 is 44.7 Å². The normalized spacial score (nSPS) is 13.7. The highest BCUT2D eigenvalue weighted by Gasteiger charge is 2.62. The Hall–Kier alpha value is -3.75. The van der Waals surface area contributed by atoms with Crippen molar-refractivity contribution in [3.63, 3.8) is 0 Å². The number of allylic oxidation sites excluding steroid dienone is 1. The Balaban J connectivity index is 2.44. The smallest absolute Gasteiger partial charge is 0.396 e. The molecule has 0 saturated heterocycles. The number of anilines is 2. The van der Waals surface area contributed by atoms with Gasteiger partial charge in [0.25, 0.3) is 11.8 Å². The lowest BCUT2D eigenvalue weighted by atomic mass is 10.0. The number of amides is 2. The molecule has 36 heavy (non-hydrogen) atoms. The maximum absolute atomic E-state index is 13.6. The van der Waals surface area contributed by atoms with Crippen LogP contribution in [0.4, 0.5) is 46.6 Å². The average Bonchev–Trinajstić information content (AvgIpc) is 2.77. The zero-order valence-corrected chi connectivity index (χ0v) is 18.5. The van der Waals surface area contributed by atoms with E-state index in [0.29, 0.717) is 7.05 Å². The zero-order valence-electron chi connectivity index (χ0n) is 17.7. The Kier molecular flexibility index (Phi) is 8.29. The molecular formula is C20H14ClF8N5O2. The highest BCUT2D eigenvalue weighted by Crippen LogP contribution is 2.43. The quantitative estimate of drug-likeness (QED) is 0.353. The Morgan fingerprint density at radius 3 is 2.14 bits per heavy atom. The van der Waals surface area contributed by atoms with Crippen molar-refractivity contribution in [1.82, 2.24) is 4.98 Å². The summed E-state index contributed by atoms with van der Waals surface area (Å²) in [5.41, 5.74) is -3.69. The van der Waals surface area contributed by atoms with Crippen LogP contribution < -0.4 is 16.4 Å². The molecule has 7 nitrogen and oxygen atoms in total. The molecule has 1 aromatic heterocycles. The number of nitrogens with one attached hydrogen (secondary N) is 2. The van der Waals surface area contributed by atoms with Crippen LogP contribution in [0.5, 0.6) is 0 Å².